The molecule has 0 aliphatic carbocycles. The minimum Gasteiger partial charge on any atom is -0.380 e. The van der Waals surface area contributed by atoms with E-state index in [1.54, 1.807) is 0 Å². The van der Waals surface area contributed by atoms with E-state index in [9.17, 15) is 0 Å². The van der Waals surface area contributed by atoms with E-state index < -0.39 is 0 Å². The molecule has 1 aromatic rings. The van der Waals surface area contributed by atoms with Gasteiger partial charge in [0, 0.05) is 38.0 Å². The van der Waals surface area contributed by atoms with Gasteiger partial charge in [-0.05, 0) is 51.3 Å². The number of rotatable bonds is 4. The van der Waals surface area contributed by atoms with Crippen LogP contribution in [0.15, 0.2) is 18.2 Å². The Hall–Kier alpha value is -1.06. The fraction of sp³-hybridized carbons (Fsp3) is 0.647. The van der Waals surface area contributed by atoms with Crippen LogP contribution in [0.2, 0.25) is 0 Å². The normalized spacial score (nSPS) is 19.6. The molecule has 0 bridgehead atoms. The number of benzene rings is 1. The molecule has 2 rings (SSSR count). The first-order chi connectivity index (χ1) is 9.39. The SMILES string of the molecule is COC1CCN(c2ccc(CNC(C)(C)C)cc2C)C1. The Bertz CT molecular complexity index is 451. The molecule has 1 N–H and O–H groups in total. The third-order valence-corrected chi connectivity index (χ3v) is 3.90. The van der Waals surface area contributed by atoms with Crippen molar-refractivity contribution in [3.05, 3.63) is 29.3 Å². The predicted molar refractivity (Wildman–Crippen MR) is 85.4 cm³/mol. The van der Waals surface area contributed by atoms with Crippen molar-refractivity contribution in [2.24, 2.45) is 0 Å². The average molecular weight is 276 g/mol. The fourth-order valence-corrected chi connectivity index (χ4v) is 2.69. The summed E-state index contributed by atoms with van der Waals surface area (Å²) in [6.07, 6.45) is 1.51. The van der Waals surface area contributed by atoms with Gasteiger partial charge in [-0.1, -0.05) is 12.1 Å². The molecule has 1 aromatic carbocycles. The second kappa shape index (κ2) is 6.15. The van der Waals surface area contributed by atoms with Crippen LogP contribution in [-0.4, -0.2) is 31.8 Å². The maximum absolute atomic E-state index is 5.45. The van der Waals surface area contributed by atoms with E-state index in [0.717, 1.165) is 26.1 Å². The Morgan fingerprint density at radius 3 is 2.65 bits per heavy atom. The number of hydrogen-bond acceptors (Lipinski definition) is 3. The van der Waals surface area contributed by atoms with E-state index >= 15 is 0 Å². The Kier molecular flexibility index (Phi) is 4.71. The standard InChI is InChI=1S/C17H28N2O/c1-13-10-14(11-18-17(2,3)4)6-7-16(13)19-9-8-15(12-19)20-5/h6-7,10,15,18H,8-9,11-12H2,1-5H3. The maximum Gasteiger partial charge on any atom is 0.0762 e. The molecule has 1 fully saturated rings. The molecule has 3 nitrogen and oxygen atoms in total. The van der Waals surface area contributed by atoms with Crippen LogP contribution in [0.3, 0.4) is 0 Å². The van der Waals surface area contributed by atoms with E-state index in [1.807, 2.05) is 7.11 Å². The number of aryl methyl sites for hydroxylation is 1. The third kappa shape index (κ3) is 3.97. The molecule has 1 aliphatic heterocycles. The lowest BCUT2D eigenvalue weighted by Crippen LogP contribution is -2.35. The Morgan fingerprint density at radius 2 is 2.10 bits per heavy atom. The van der Waals surface area contributed by atoms with Crippen LogP contribution in [0.5, 0.6) is 0 Å². The lowest BCUT2D eigenvalue weighted by Gasteiger charge is -2.23. The van der Waals surface area contributed by atoms with Gasteiger partial charge in [0.2, 0.25) is 0 Å². The summed E-state index contributed by atoms with van der Waals surface area (Å²) in [6.45, 7) is 11.8. The molecule has 20 heavy (non-hydrogen) atoms. The van der Waals surface area contributed by atoms with Gasteiger partial charge in [0.05, 0.1) is 6.10 Å². The van der Waals surface area contributed by atoms with Crippen molar-refractivity contribution >= 4 is 5.69 Å². The van der Waals surface area contributed by atoms with Gasteiger partial charge in [0.1, 0.15) is 0 Å². The van der Waals surface area contributed by atoms with Crippen molar-refractivity contribution in [3.8, 4) is 0 Å². The van der Waals surface area contributed by atoms with Crippen molar-refractivity contribution in [3.63, 3.8) is 0 Å². The summed E-state index contributed by atoms with van der Waals surface area (Å²) < 4.78 is 5.45. The molecule has 1 atom stereocenters. The highest BCUT2D eigenvalue weighted by molar-refractivity contribution is 5.55. The minimum absolute atomic E-state index is 0.160. The number of nitrogens with zero attached hydrogens (tertiary/aromatic N) is 1. The van der Waals surface area contributed by atoms with Gasteiger partial charge < -0.3 is 15.0 Å². The van der Waals surface area contributed by atoms with E-state index in [2.05, 4.69) is 56.1 Å². The molecule has 0 spiro atoms. The first-order valence-electron chi connectivity index (χ1n) is 7.51. The van der Waals surface area contributed by atoms with Gasteiger partial charge in [-0.3, -0.25) is 0 Å². The quantitative estimate of drug-likeness (QED) is 0.914. The Balaban J connectivity index is 2.03. The molecular formula is C17H28N2O. The van der Waals surface area contributed by atoms with Gasteiger partial charge in [0.15, 0.2) is 0 Å². The predicted octanol–water partition coefficient (Wildman–Crippen LogP) is 3.11. The molecule has 1 saturated heterocycles. The van der Waals surface area contributed by atoms with Gasteiger partial charge in [-0.15, -0.1) is 0 Å². The summed E-state index contributed by atoms with van der Waals surface area (Å²) in [5, 5.41) is 3.54. The molecule has 3 heteroatoms. The zero-order valence-electron chi connectivity index (χ0n) is 13.5. The second-order valence-corrected chi connectivity index (χ2v) is 6.82. The number of methoxy groups -OCH3 is 1. The molecule has 0 aromatic heterocycles. The molecule has 1 aliphatic rings. The molecule has 0 amide bonds. The summed E-state index contributed by atoms with van der Waals surface area (Å²) in [4.78, 5) is 2.43. The summed E-state index contributed by atoms with van der Waals surface area (Å²) in [5.74, 6) is 0. The third-order valence-electron chi connectivity index (χ3n) is 3.90. The highest BCUT2D eigenvalue weighted by atomic mass is 16.5. The van der Waals surface area contributed by atoms with Crippen LogP contribution < -0.4 is 10.2 Å². The van der Waals surface area contributed by atoms with Gasteiger partial charge in [-0.2, -0.15) is 0 Å². The van der Waals surface area contributed by atoms with E-state index in [1.165, 1.54) is 16.8 Å². The van der Waals surface area contributed by atoms with Crippen LogP contribution in [0, 0.1) is 6.92 Å². The number of hydrogen-bond donors (Lipinski definition) is 1. The molecule has 1 heterocycles. The van der Waals surface area contributed by atoms with Gasteiger partial charge in [0.25, 0.3) is 0 Å². The largest absolute Gasteiger partial charge is 0.380 e. The molecule has 112 valence electrons. The van der Waals surface area contributed by atoms with Crippen molar-refractivity contribution in [1.82, 2.24) is 5.32 Å². The molecular weight excluding hydrogens is 248 g/mol. The lowest BCUT2D eigenvalue weighted by molar-refractivity contribution is 0.121. The molecule has 0 radical (unpaired) electrons. The monoisotopic (exact) mass is 276 g/mol. The lowest BCUT2D eigenvalue weighted by atomic mass is 10.1. The van der Waals surface area contributed by atoms with Crippen LogP contribution in [-0.2, 0) is 11.3 Å². The fourth-order valence-electron chi connectivity index (χ4n) is 2.69. The first-order valence-corrected chi connectivity index (χ1v) is 7.51. The second-order valence-electron chi connectivity index (χ2n) is 6.82. The minimum atomic E-state index is 0.160. The zero-order chi connectivity index (χ0) is 14.8. The number of anilines is 1. The maximum atomic E-state index is 5.45. The Labute approximate surface area is 123 Å². The number of nitrogens with one attached hydrogen (secondary N) is 1. The van der Waals surface area contributed by atoms with E-state index in [0.29, 0.717) is 6.10 Å². The van der Waals surface area contributed by atoms with Crippen LogP contribution in [0.4, 0.5) is 5.69 Å². The van der Waals surface area contributed by atoms with Crippen molar-refractivity contribution < 1.29 is 4.74 Å². The molecule has 0 saturated carbocycles. The van der Waals surface area contributed by atoms with E-state index in [-0.39, 0.29) is 5.54 Å². The first kappa shape index (κ1) is 15.3. The summed E-state index contributed by atoms with van der Waals surface area (Å²) >= 11 is 0. The van der Waals surface area contributed by atoms with E-state index in [4.69, 9.17) is 4.74 Å². The van der Waals surface area contributed by atoms with Crippen molar-refractivity contribution in [2.75, 3.05) is 25.1 Å². The van der Waals surface area contributed by atoms with Crippen molar-refractivity contribution in [1.29, 1.82) is 0 Å². The highest BCUT2D eigenvalue weighted by Gasteiger charge is 2.23. The van der Waals surface area contributed by atoms with Crippen LogP contribution in [0.1, 0.15) is 38.3 Å². The van der Waals surface area contributed by atoms with Crippen molar-refractivity contribution in [2.45, 2.75) is 52.3 Å². The number of ether oxygens (including phenoxy) is 1. The van der Waals surface area contributed by atoms with Crippen LogP contribution in [0.25, 0.3) is 0 Å². The summed E-state index contributed by atoms with van der Waals surface area (Å²) in [5.41, 5.74) is 4.22. The molecule has 1 unspecified atom stereocenters. The highest BCUT2D eigenvalue weighted by Crippen LogP contribution is 2.26. The van der Waals surface area contributed by atoms with Crippen LogP contribution >= 0.6 is 0 Å². The summed E-state index contributed by atoms with van der Waals surface area (Å²) in [7, 11) is 1.81. The van der Waals surface area contributed by atoms with Gasteiger partial charge >= 0.3 is 0 Å². The Morgan fingerprint density at radius 1 is 1.35 bits per heavy atom. The smallest absolute Gasteiger partial charge is 0.0762 e. The average Bonchev–Trinajstić information content (AvgIpc) is 2.84. The summed E-state index contributed by atoms with van der Waals surface area (Å²) in [6, 6.07) is 6.79. The zero-order valence-corrected chi connectivity index (χ0v) is 13.5. The van der Waals surface area contributed by atoms with Gasteiger partial charge in [-0.25, -0.2) is 0 Å². The topological polar surface area (TPSA) is 24.5 Å².